The molecule has 0 saturated carbocycles. The second kappa shape index (κ2) is 6.88. The smallest absolute Gasteiger partial charge is 0.387 e. The van der Waals surface area contributed by atoms with E-state index < -0.39 is 6.61 Å². The summed E-state index contributed by atoms with van der Waals surface area (Å²) in [6.45, 7) is -0.951. The molecule has 0 fully saturated rings. The number of halogens is 2. The van der Waals surface area contributed by atoms with Crippen molar-refractivity contribution < 1.29 is 23.0 Å². The van der Waals surface area contributed by atoms with Gasteiger partial charge in [0.1, 0.15) is 5.75 Å². The van der Waals surface area contributed by atoms with Crippen LogP contribution in [0.25, 0.3) is 0 Å². The lowest BCUT2D eigenvalue weighted by Crippen LogP contribution is -2.20. The summed E-state index contributed by atoms with van der Waals surface area (Å²) >= 11 is 5.21. The van der Waals surface area contributed by atoms with Gasteiger partial charge in [0.05, 0.1) is 5.69 Å². The maximum Gasteiger partial charge on any atom is 0.387 e. The molecule has 0 aromatic heterocycles. The summed E-state index contributed by atoms with van der Waals surface area (Å²) in [6.07, 6.45) is 0. The summed E-state index contributed by atoms with van der Waals surface area (Å²) in [5.41, 5.74) is 1.82. The van der Waals surface area contributed by atoms with E-state index in [1.807, 2.05) is 0 Å². The first-order chi connectivity index (χ1) is 11.5. The van der Waals surface area contributed by atoms with Gasteiger partial charge in [-0.25, -0.2) is 0 Å². The monoisotopic (exact) mass is 352 g/mol. The minimum absolute atomic E-state index is 0.0276. The normalized spacial score (nSPS) is 12.2. The third kappa shape index (κ3) is 3.83. The standard InChI is InChI=1S/C16H14F2N2O3S/c1-9-2-4-11(13(6-9)23-15(17)18)20-16(24)19-10-3-5-12-14(7-10)22-8-21-12/h2-7,15H,8H2,1H3,(H2,19,20,24). The zero-order chi connectivity index (χ0) is 17.1. The lowest BCUT2D eigenvalue weighted by Gasteiger charge is -2.15. The molecule has 0 atom stereocenters. The third-order valence-electron chi connectivity index (χ3n) is 3.23. The van der Waals surface area contributed by atoms with Crippen molar-refractivity contribution in [1.29, 1.82) is 0 Å². The maximum absolute atomic E-state index is 12.5. The second-order valence-corrected chi connectivity index (χ2v) is 5.43. The number of anilines is 2. The lowest BCUT2D eigenvalue weighted by atomic mass is 10.2. The summed E-state index contributed by atoms with van der Waals surface area (Å²) < 4.78 is 40.1. The van der Waals surface area contributed by atoms with E-state index in [-0.39, 0.29) is 17.7 Å². The molecule has 0 bridgehead atoms. The van der Waals surface area contributed by atoms with Crippen LogP contribution in [0, 0.1) is 6.92 Å². The minimum Gasteiger partial charge on any atom is -0.454 e. The fourth-order valence-electron chi connectivity index (χ4n) is 2.19. The molecule has 8 heteroatoms. The molecule has 2 aromatic carbocycles. The van der Waals surface area contributed by atoms with E-state index in [9.17, 15) is 8.78 Å². The average Bonchev–Trinajstić information content (AvgIpc) is 2.97. The summed E-state index contributed by atoms with van der Waals surface area (Å²) in [5.74, 6) is 1.30. The highest BCUT2D eigenvalue weighted by molar-refractivity contribution is 7.80. The van der Waals surface area contributed by atoms with Crippen LogP contribution in [0.15, 0.2) is 36.4 Å². The number of fused-ring (bicyclic) bond motifs is 1. The molecule has 2 N–H and O–H groups in total. The van der Waals surface area contributed by atoms with Gasteiger partial charge in [-0.3, -0.25) is 0 Å². The predicted molar refractivity (Wildman–Crippen MR) is 90.2 cm³/mol. The van der Waals surface area contributed by atoms with E-state index in [4.69, 9.17) is 21.7 Å². The molecule has 0 saturated heterocycles. The first kappa shape index (κ1) is 16.3. The van der Waals surface area contributed by atoms with Crippen molar-refractivity contribution in [2.24, 2.45) is 0 Å². The number of alkyl halides is 2. The molecule has 1 aliphatic heterocycles. The Balaban J connectivity index is 1.71. The highest BCUT2D eigenvalue weighted by Crippen LogP contribution is 2.34. The van der Waals surface area contributed by atoms with Gasteiger partial charge in [-0.2, -0.15) is 8.78 Å². The molecular formula is C16H14F2N2O3S. The summed E-state index contributed by atoms with van der Waals surface area (Å²) in [6, 6.07) is 10.2. The molecule has 1 heterocycles. The maximum atomic E-state index is 12.5. The van der Waals surface area contributed by atoms with E-state index in [0.29, 0.717) is 22.9 Å². The van der Waals surface area contributed by atoms with Crippen LogP contribution in [0.5, 0.6) is 17.2 Å². The van der Waals surface area contributed by atoms with E-state index in [1.165, 1.54) is 6.07 Å². The van der Waals surface area contributed by atoms with Gasteiger partial charge in [0.25, 0.3) is 0 Å². The minimum atomic E-state index is -2.91. The first-order valence-electron chi connectivity index (χ1n) is 7.04. The van der Waals surface area contributed by atoms with Gasteiger partial charge in [0.2, 0.25) is 6.79 Å². The van der Waals surface area contributed by atoms with Crippen molar-refractivity contribution in [3.05, 3.63) is 42.0 Å². The van der Waals surface area contributed by atoms with Gasteiger partial charge < -0.3 is 24.8 Å². The van der Waals surface area contributed by atoms with Gasteiger partial charge in [0.15, 0.2) is 16.6 Å². The molecule has 0 amide bonds. The number of benzene rings is 2. The van der Waals surface area contributed by atoms with Gasteiger partial charge >= 0.3 is 6.61 Å². The quantitative estimate of drug-likeness (QED) is 0.807. The van der Waals surface area contributed by atoms with Crippen LogP contribution >= 0.6 is 12.2 Å². The lowest BCUT2D eigenvalue weighted by molar-refractivity contribution is -0.0493. The number of rotatable bonds is 4. The van der Waals surface area contributed by atoms with Crippen LogP contribution in [0.4, 0.5) is 20.2 Å². The van der Waals surface area contributed by atoms with Crippen molar-refractivity contribution >= 4 is 28.7 Å². The van der Waals surface area contributed by atoms with Crippen LogP contribution in [0.3, 0.4) is 0 Å². The second-order valence-electron chi connectivity index (χ2n) is 5.03. The zero-order valence-corrected chi connectivity index (χ0v) is 13.5. The number of aryl methyl sites for hydroxylation is 1. The number of ether oxygens (including phenoxy) is 3. The van der Waals surface area contributed by atoms with Crippen LogP contribution in [-0.2, 0) is 0 Å². The SMILES string of the molecule is Cc1ccc(NC(=S)Nc2ccc3c(c2)OCO3)c(OC(F)F)c1. The molecule has 0 unspecified atom stereocenters. The summed E-state index contributed by atoms with van der Waals surface area (Å²) in [5, 5.41) is 6.04. The van der Waals surface area contributed by atoms with Crippen LogP contribution in [0.1, 0.15) is 5.56 Å². The van der Waals surface area contributed by atoms with Crippen LogP contribution in [-0.4, -0.2) is 18.5 Å². The average molecular weight is 352 g/mol. The number of hydrogen-bond donors (Lipinski definition) is 2. The molecule has 24 heavy (non-hydrogen) atoms. The molecule has 0 aliphatic carbocycles. The fourth-order valence-corrected chi connectivity index (χ4v) is 2.41. The molecule has 3 rings (SSSR count). The van der Waals surface area contributed by atoms with E-state index in [0.717, 1.165) is 5.56 Å². The summed E-state index contributed by atoms with van der Waals surface area (Å²) in [4.78, 5) is 0. The molecule has 2 aromatic rings. The topological polar surface area (TPSA) is 51.8 Å². The highest BCUT2D eigenvalue weighted by atomic mass is 32.1. The Kier molecular flexibility index (Phi) is 4.66. The Morgan fingerprint density at radius 1 is 1.12 bits per heavy atom. The van der Waals surface area contributed by atoms with Gasteiger partial charge in [-0.15, -0.1) is 0 Å². The molecule has 5 nitrogen and oxygen atoms in total. The van der Waals surface area contributed by atoms with E-state index >= 15 is 0 Å². The Morgan fingerprint density at radius 3 is 2.71 bits per heavy atom. The van der Waals surface area contributed by atoms with Gasteiger partial charge in [0, 0.05) is 11.8 Å². The van der Waals surface area contributed by atoms with Gasteiger partial charge in [-0.05, 0) is 49.0 Å². The van der Waals surface area contributed by atoms with Crippen LogP contribution < -0.4 is 24.8 Å². The number of hydrogen-bond acceptors (Lipinski definition) is 4. The Bertz CT molecular complexity index is 771. The van der Waals surface area contributed by atoms with Crippen molar-refractivity contribution in [3.63, 3.8) is 0 Å². The molecular weight excluding hydrogens is 338 g/mol. The largest absolute Gasteiger partial charge is 0.454 e. The highest BCUT2D eigenvalue weighted by Gasteiger charge is 2.14. The zero-order valence-electron chi connectivity index (χ0n) is 12.6. The van der Waals surface area contributed by atoms with Crippen molar-refractivity contribution in [2.45, 2.75) is 13.5 Å². The van der Waals surface area contributed by atoms with Gasteiger partial charge in [-0.1, -0.05) is 6.07 Å². The fraction of sp³-hybridized carbons (Fsp3) is 0.188. The number of nitrogens with one attached hydrogen (secondary N) is 2. The van der Waals surface area contributed by atoms with Crippen LogP contribution in [0.2, 0.25) is 0 Å². The van der Waals surface area contributed by atoms with Crippen molar-refractivity contribution in [1.82, 2.24) is 0 Å². The Morgan fingerprint density at radius 2 is 1.92 bits per heavy atom. The number of thiocarbonyl (C=S) groups is 1. The molecule has 0 spiro atoms. The predicted octanol–water partition coefficient (Wildman–Crippen LogP) is 4.13. The Labute approximate surface area is 142 Å². The molecule has 1 aliphatic rings. The van der Waals surface area contributed by atoms with Crippen molar-refractivity contribution in [2.75, 3.05) is 17.4 Å². The van der Waals surface area contributed by atoms with Crippen molar-refractivity contribution in [3.8, 4) is 17.2 Å². The summed E-state index contributed by atoms with van der Waals surface area (Å²) in [7, 11) is 0. The van der Waals surface area contributed by atoms with E-state index in [1.54, 1.807) is 37.3 Å². The third-order valence-corrected chi connectivity index (χ3v) is 3.44. The van der Waals surface area contributed by atoms with E-state index in [2.05, 4.69) is 15.4 Å². The Hall–Kier alpha value is -2.61. The first-order valence-corrected chi connectivity index (χ1v) is 7.45. The molecule has 126 valence electrons. The molecule has 0 radical (unpaired) electrons.